The Bertz CT molecular complexity index is 1310. The molecule has 1 aliphatic carbocycles. The van der Waals surface area contributed by atoms with E-state index in [1.54, 1.807) is 22.8 Å². The van der Waals surface area contributed by atoms with Crippen molar-refractivity contribution < 1.29 is 9.59 Å². The van der Waals surface area contributed by atoms with Crippen LogP contribution < -0.4 is 16.2 Å². The van der Waals surface area contributed by atoms with Crippen LogP contribution in [0.4, 0.5) is 4.79 Å². The summed E-state index contributed by atoms with van der Waals surface area (Å²) in [6.45, 7) is 9.33. The number of carbonyl (C=O) groups is 2. The van der Waals surface area contributed by atoms with Crippen molar-refractivity contribution >= 4 is 45.3 Å². The number of fused-ring (bicyclic) bond motifs is 3. The van der Waals surface area contributed by atoms with E-state index in [0.29, 0.717) is 10.5 Å². The zero-order valence-electron chi connectivity index (χ0n) is 19.4. The number of aromatic nitrogens is 2. The van der Waals surface area contributed by atoms with Crippen molar-refractivity contribution in [3.8, 4) is 5.69 Å². The summed E-state index contributed by atoms with van der Waals surface area (Å²) in [5.74, 6) is -0.437. The molecule has 0 spiro atoms. The van der Waals surface area contributed by atoms with E-state index in [9.17, 15) is 14.4 Å². The van der Waals surface area contributed by atoms with Gasteiger partial charge in [0.15, 0.2) is 5.16 Å². The van der Waals surface area contributed by atoms with Gasteiger partial charge in [0.05, 0.1) is 16.3 Å². The standard InChI is InChI=1S/C24H28N4O3S2/c1-12(2)25-23(31)26-20(29)15(5)32-24-27-21-19(16-7-6-8-18(16)33-21)22(30)28(24)17-10-9-13(3)11-14(17)4/h9-12,15H,6-8H2,1-5H3,(H2,25,26,29,31)/t15-/m1/s1. The lowest BCUT2D eigenvalue weighted by Gasteiger charge is -2.17. The van der Waals surface area contributed by atoms with Crippen LogP contribution in [0.25, 0.3) is 15.9 Å². The van der Waals surface area contributed by atoms with Gasteiger partial charge in [-0.15, -0.1) is 11.3 Å². The summed E-state index contributed by atoms with van der Waals surface area (Å²) in [7, 11) is 0. The number of thiophene rings is 1. The Labute approximate surface area is 201 Å². The third-order valence-corrected chi connectivity index (χ3v) is 7.85. The second-order valence-electron chi connectivity index (χ2n) is 8.74. The van der Waals surface area contributed by atoms with Gasteiger partial charge in [-0.3, -0.25) is 19.5 Å². The van der Waals surface area contributed by atoms with Gasteiger partial charge in [-0.05, 0) is 71.1 Å². The molecule has 3 aromatic rings. The fourth-order valence-electron chi connectivity index (χ4n) is 4.10. The molecule has 0 unspecified atom stereocenters. The Morgan fingerprint density at radius 3 is 2.64 bits per heavy atom. The number of benzene rings is 1. The largest absolute Gasteiger partial charge is 0.336 e. The molecule has 0 radical (unpaired) electrons. The molecular weight excluding hydrogens is 456 g/mol. The predicted molar refractivity (Wildman–Crippen MR) is 134 cm³/mol. The molecule has 174 valence electrons. The lowest BCUT2D eigenvalue weighted by Crippen LogP contribution is -2.45. The van der Waals surface area contributed by atoms with Crippen LogP contribution in [0.2, 0.25) is 0 Å². The number of hydrogen-bond donors (Lipinski definition) is 2. The summed E-state index contributed by atoms with van der Waals surface area (Å²) in [6.07, 6.45) is 2.94. The van der Waals surface area contributed by atoms with Gasteiger partial charge in [-0.25, -0.2) is 9.78 Å². The minimum atomic E-state index is -0.629. The number of aryl methyl sites for hydroxylation is 4. The third-order valence-electron chi connectivity index (χ3n) is 5.61. The highest BCUT2D eigenvalue weighted by Gasteiger charge is 2.26. The summed E-state index contributed by atoms with van der Waals surface area (Å²) in [5, 5.41) is 5.54. The molecule has 1 atom stereocenters. The maximum absolute atomic E-state index is 13.8. The Hall–Kier alpha value is -2.65. The van der Waals surface area contributed by atoms with Crippen LogP contribution in [0.15, 0.2) is 28.2 Å². The maximum Gasteiger partial charge on any atom is 0.321 e. The Balaban J connectivity index is 1.78. The van der Waals surface area contributed by atoms with Gasteiger partial charge in [0.25, 0.3) is 5.56 Å². The summed E-state index contributed by atoms with van der Waals surface area (Å²) in [6, 6.07) is 5.31. The first-order chi connectivity index (χ1) is 15.7. The van der Waals surface area contributed by atoms with Crippen LogP contribution in [0.5, 0.6) is 0 Å². The number of nitrogens with zero attached hydrogens (tertiary/aromatic N) is 2. The molecule has 9 heteroatoms. The molecule has 0 bridgehead atoms. The van der Waals surface area contributed by atoms with Gasteiger partial charge in [-0.2, -0.15) is 0 Å². The molecular formula is C24H28N4O3S2. The van der Waals surface area contributed by atoms with Crippen LogP contribution in [0.1, 0.15) is 48.8 Å². The molecule has 0 fully saturated rings. The van der Waals surface area contributed by atoms with Crippen molar-refractivity contribution in [1.29, 1.82) is 0 Å². The Morgan fingerprint density at radius 2 is 1.94 bits per heavy atom. The van der Waals surface area contributed by atoms with Crippen molar-refractivity contribution in [2.45, 2.75) is 70.3 Å². The fourth-order valence-corrected chi connectivity index (χ4v) is 6.32. The lowest BCUT2D eigenvalue weighted by molar-refractivity contribution is -0.119. The summed E-state index contributed by atoms with van der Waals surface area (Å²) >= 11 is 2.76. The minimum Gasteiger partial charge on any atom is -0.336 e. The van der Waals surface area contributed by atoms with E-state index >= 15 is 0 Å². The summed E-state index contributed by atoms with van der Waals surface area (Å²) in [5.41, 5.74) is 3.84. The molecule has 0 saturated heterocycles. The van der Waals surface area contributed by atoms with Gasteiger partial charge in [0.2, 0.25) is 5.91 Å². The molecule has 3 amide bonds. The third kappa shape index (κ3) is 4.70. The zero-order valence-corrected chi connectivity index (χ0v) is 21.1. The molecule has 2 heterocycles. The van der Waals surface area contributed by atoms with Crippen molar-refractivity contribution in [2.75, 3.05) is 0 Å². The number of urea groups is 1. The Kier molecular flexibility index (Phi) is 6.63. The van der Waals surface area contributed by atoms with E-state index in [2.05, 4.69) is 10.6 Å². The first-order valence-corrected chi connectivity index (χ1v) is 12.8. The van der Waals surface area contributed by atoms with Crippen LogP contribution >= 0.6 is 23.1 Å². The maximum atomic E-state index is 13.8. The van der Waals surface area contributed by atoms with E-state index < -0.39 is 17.2 Å². The van der Waals surface area contributed by atoms with Gasteiger partial charge < -0.3 is 5.32 Å². The van der Waals surface area contributed by atoms with Crippen LogP contribution in [0.3, 0.4) is 0 Å². The van der Waals surface area contributed by atoms with E-state index in [0.717, 1.165) is 46.5 Å². The number of thioether (sulfide) groups is 1. The Morgan fingerprint density at radius 1 is 1.18 bits per heavy atom. The van der Waals surface area contributed by atoms with Gasteiger partial charge in [-0.1, -0.05) is 29.5 Å². The van der Waals surface area contributed by atoms with Gasteiger partial charge in [0, 0.05) is 10.9 Å². The second-order valence-corrected chi connectivity index (χ2v) is 11.1. The van der Waals surface area contributed by atoms with E-state index in [1.165, 1.54) is 16.6 Å². The smallest absolute Gasteiger partial charge is 0.321 e. The predicted octanol–water partition coefficient (Wildman–Crippen LogP) is 4.27. The van der Waals surface area contributed by atoms with E-state index in [4.69, 9.17) is 4.98 Å². The molecule has 0 aliphatic heterocycles. The second kappa shape index (κ2) is 9.30. The van der Waals surface area contributed by atoms with Gasteiger partial charge >= 0.3 is 6.03 Å². The average Bonchev–Trinajstić information content (AvgIpc) is 3.29. The number of nitrogens with one attached hydrogen (secondary N) is 2. The zero-order chi connectivity index (χ0) is 23.9. The van der Waals surface area contributed by atoms with Crippen molar-refractivity contribution in [3.63, 3.8) is 0 Å². The fraction of sp³-hybridized carbons (Fsp3) is 0.417. The highest BCUT2D eigenvalue weighted by atomic mass is 32.2. The molecule has 33 heavy (non-hydrogen) atoms. The normalized spacial score (nSPS) is 13.9. The monoisotopic (exact) mass is 484 g/mol. The number of carbonyl (C=O) groups excluding carboxylic acids is 2. The molecule has 2 aromatic heterocycles. The van der Waals surface area contributed by atoms with Crippen molar-refractivity contribution in [1.82, 2.24) is 20.2 Å². The van der Waals surface area contributed by atoms with Crippen LogP contribution in [0, 0.1) is 13.8 Å². The molecule has 1 aliphatic rings. The highest BCUT2D eigenvalue weighted by molar-refractivity contribution is 8.00. The number of hydrogen-bond acceptors (Lipinski definition) is 6. The first-order valence-electron chi connectivity index (χ1n) is 11.1. The quantitative estimate of drug-likeness (QED) is 0.417. The number of rotatable bonds is 5. The molecule has 2 N–H and O–H groups in total. The molecule has 0 saturated carbocycles. The van der Waals surface area contributed by atoms with E-state index in [1.807, 2.05) is 45.9 Å². The summed E-state index contributed by atoms with van der Waals surface area (Å²) in [4.78, 5) is 45.2. The van der Waals surface area contributed by atoms with E-state index in [-0.39, 0.29) is 11.6 Å². The number of imide groups is 1. The topological polar surface area (TPSA) is 93.1 Å². The van der Waals surface area contributed by atoms with Crippen molar-refractivity contribution in [3.05, 3.63) is 50.1 Å². The minimum absolute atomic E-state index is 0.0831. The highest BCUT2D eigenvalue weighted by Crippen LogP contribution is 2.36. The lowest BCUT2D eigenvalue weighted by atomic mass is 10.1. The SMILES string of the molecule is Cc1ccc(-n2c(S[C@H](C)C(=O)NC(=O)NC(C)C)nc3sc4c(c3c2=O)CCC4)c(C)c1. The van der Waals surface area contributed by atoms with Crippen LogP contribution in [-0.2, 0) is 17.6 Å². The first kappa shape index (κ1) is 23.5. The van der Waals surface area contributed by atoms with Crippen molar-refractivity contribution in [2.24, 2.45) is 0 Å². The number of amides is 3. The molecule has 7 nitrogen and oxygen atoms in total. The molecule has 1 aromatic carbocycles. The average molecular weight is 485 g/mol. The summed E-state index contributed by atoms with van der Waals surface area (Å²) < 4.78 is 1.63. The van der Waals surface area contributed by atoms with Crippen LogP contribution in [-0.4, -0.2) is 32.8 Å². The van der Waals surface area contributed by atoms with Gasteiger partial charge in [0.1, 0.15) is 4.83 Å². The molecule has 4 rings (SSSR count).